The van der Waals surface area contributed by atoms with E-state index in [2.05, 4.69) is 23.9 Å². The van der Waals surface area contributed by atoms with Crippen molar-refractivity contribution < 1.29 is 13.9 Å². The average Bonchev–Trinajstić information content (AvgIpc) is 2.29. The molecule has 100 valence electrons. The first kappa shape index (κ1) is 14.5. The number of hydrogen-bond acceptors (Lipinski definition) is 3. The zero-order chi connectivity index (χ0) is 13.7. The maximum absolute atomic E-state index is 13.2. The fourth-order valence-corrected chi connectivity index (χ4v) is 1.95. The molecule has 1 unspecified atom stereocenters. The third-order valence-electron chi connectivity index (χ3n) is 2.61. The number of carbonyl (C=O) groups excluding carboxylic acids is 1. The number of halogens is 1. The first-order chi connectivity index (χ1) is 8.43. The highest BCUT2D eigenvalue weighted by atomic mass is 19.1. The fourth-order valence-electron chi connectivity index (χ4n) is 1.95. The Balaban J connectivity index is 2.90. The molecule has 1 atom stereocenters. The third-order valence-corrected chi connectivity index (χ3v) is 2.61. The summed E-state index contributed by atoms with van der Waals surface area (Å²) in [6, 6.07) is 4.30. The number of hydrogen-bond donors (Lipinski definition) is 1. The Bertz CT molecular complexity index is 418. The number of carbonyl (C=O) groups is 1. The molecule has 0 heterocycles. The molecule has 0 aliphatic rings. The van der Waals surface area contributed by atoms with E-state index in [1.165, 1.54) is 19.2 Å². The van der Waals surface area contributed by atoms with E-state index in [1.807, 2.05) is 6.92 Å². The predicted molar refractivity (Wildman–Crippen MR) is 70.3 cm³/mol. The largest absolute Gasteiger partial charge is 0.465 e. The lowest BCUT2D eigenvalue weighted by molar-refractivity contribution is 0.0601. The minimum Gasteiger partial charge on any atom is -0.465 e. The molecule has 1 aromatic rings. The number of methoxy groups -OCH3 is 1. The highest BCUT2D eigenvalue weighted by molar-refractivity contribution is 5.95. The summed E-state index contributed by atoms with van der Waals surface area (Å²) in [7, 11) is 1.29. The van der Waals surface area contributed by atoms with Gasteiger partial charge >= 0.3 is 5.97 Å². The molecule has 0 saturated heterocycles. The van der Waals surface area contributed by atoms with Crippen molar-refractivity contribution in [3.63, 3.8) is 0 Å². The summed E-state index contributed by atoms with van der Waals surface area (Å²) in [5.74, 6) is -0.430. The Morgan fingerprint density at radius 2 is 2.06 bits per heavy atom. The summed E-state index contributed by atoms with van der Waals surface area (Å²) in [6.45, 7) is 6.29. The minimum absolute atomic E-state index is 0.207. The maximum Gasteiger partial charge on any atom is 0.340 e. The Hall–Kier alpha value is -1.58. The van der Waals surface area contributed by atoms with Gasteiger partial charge in [0.05, 0.1) is 12.7 Å². The van der Waals surface area contributed by atoms with Crippen LogP contribution in [0.25, 0.3) is 0 Å². The molecule has 3 nitrogen and oxygen atoms in total. The van der Waals surface area contributed by atoms with Crippen LogP contribution in [0.5, 0.6) is 0 Å². The SMILES string of the molecule is COC(=O)c1cc(F)ccc1NC(C)CC(C)C. The van der Waals surface area contributed by atoms with Crippen molar-refractivity contribution in [2.75, 3.05) is 12.4 Å². The maximum atomic E-state index is 13.2. The van der Waals surface area contributed by atoms with Gasteiger partial charge in [0, 0.05) is 11.7 Å². The molecule has 1 N–H and O–H groups in total. The molecule has 0 aliphatic carbocycles. The van der Waals surface area contributed by atoms with Crippen molar-refractivity contribution in [1.29, 1.82) is 0 Å². The molecule has 0 fully saturated rings. The molecular weight excluding hydrogens is 233 g/mol. The lowest BCUT2D eigenvalue weighted by Gasteiger charge is -2.19. The highest BCUT2D eigenvalue weighted by Crippen LogP contribution is 2.20. The second kappa shape index (κ2) is 6.38. The van der Waals surface area contributed by atoms with Gasteiger partial charge in [-0.25, -0.2) is 9.18 Å². The molecule has 0 radical (unpaired) electrons. The van der Waals surface area contributed by atoms with Crippen LogP contribution >= 0.6 is 0 Å². The van der Waals surface area contributed by atoms with Crippen LogP contribution in [0.3, 0.4) is 0 Å². The molecule has 18 heavy (non-hydrogen) atoms. The second-order valence-corrected chi connectivity index (χ2v) is 4.86. The Kier molecular flexibility index (Phi) is 5.13. The number of rotatable bonds is 5. The molecule has 4 heteroatoms. The summed E-state index contributed by atoms with van der Waals surface area (Å²) in [6.07, 6.45) is 0.970. The highest BCUT2D eigenvalue weighted by Gasteiger charge is 2.15. The minimum atomic E-state index is -0.534. The Morgan fingerprint density at radius 1 is 1.39 bits per heavy atom. The Morgan fingerprint density at radius 3 is 2.61 bits per heavy atom. The van der Waals surface area contributed by atoms with Gasteiger partial charge in [-0.3, -0.25) is 0 Å². The van der Waals surface area contributed by atoms with Crippen molar-refractivity contribution in [2.45, 2.75) is 33.2 Å². The van der Waals surface area contributed by atoms with Crippen LogP contribution in [0.15, 0.2) is 18.2 Å². The third kappa shape index (κ3) is 4.02. The number of benzene rings is 1. The number of nitrogens with one attached hydrogen (secondary N) is 1. The summed E-state index contributed by atoms with van der Waals surface area (Å²) in [5, 5.41) is 3.22. The molecule has 0 aliphatic heterocycles. The smallest absolute Gasteiger partial charge is 0.340 e. The zero-order valence-corrected chi connectivity index (χ0v) is 11.3. The summed E-state index contributed by atoms with van der Waals surface area (Å²) < 4.78 is 17.8. The van der Waals surface area contributed by atoms with Crippen LogP contribution in [0.4, 0.5) is 10.1 Å². The molecule has 1 rings (SSSR count). The number of ether oxygens (including phenoxy) is 1. The standard InChI is InChI=1S/C14H20FNO2/c1-9(2)7-10(3)16-13-6-5-11(15)8-12(13)14(17)18-4/h5-6,8-10,16H,7H2,1-4H3. The van der Waals surface area contributed by atoms with E-state index >= 15 is 0 Å². The fraction of sp³-hybridized carbons (Fsp3) is 0.500. The van der Waals surface area contributed by atoms with E-state index < -0.39 is 11.8 Å². The van der Waals surface area contributed by atoms with Gasteiger partial charge in [0.1, 0.15) is 5.82 Å². The molecule has 1 aromatic carbocycles. The van der Waals surface area contributed by atoms with Crippen molar-refractivity contribution in [3.8, 4) is 0 Å². The van der Waals surface area contributed by atoms with Crippen LogP contribution in [-0.2, 0) is 4.74 Å². The van der Waals surface area contributed by atoms with E-state index in [4.69, 9.17) is 0 Å². The average molecular weight is 253 g/mol. The summed E-state index contributed by atoms with van der Waals surface area (Å²) in [5.41, 5.74) is 0.838. The van der Waals surface area contributed by atoms with E-state index in [0.29, 0.717) is 11.6 Å². The van der Waals surface area contributed by atoms with Crippen LogP contribution in [0, 0.1) is 11.7 Å². The molecule has 0 spiro atoms. The van der Waals surface area contributed by atoms with E-state index in [0.717, 1.165) is 6.42 Å². The lowest BCUT2D eigenvalue weighted by Crippen LogP contribution is -2.19. The van der Waals surface area contributed by atoms with Gasteiger partial charge < -0.3 is 10.1 Å². The van der Waals surface area contributed by atoms with Gasteiger partial charge in [0.25, 0.3) is 0 Å². The zero-order valence-electron chi connectivity index (χ0n) is 11.3. The molecule has 0 saturated carbocycles. The molecule has 0 aromatic heterocycles. The second-order valence-electron chi connectivity index (χ2n) is 4.86. The van der Waals surface area contributed by atoms with Gasteiger partial charge in [-0.1, -0.05) is 13.8 Å². The monoisotopic (exact) mass is 253 g/mol. The molecule has 0 amide bonds. The normalized spacial score (nSPS) is 12.3. The first-order valence-corrected chi connectivity index (χ1v) is 6.08. The van der Waals surface area contributed by atoms with E-state index in [1.54, 1.807) is 6.07 Å². The van der Waals surface area contributed by atoms with Crippen molar-refractivity contribution in [3.05, 3.63) is 29.6 Å². The topological polar surface area (TPSA) is 38.3 Å². The van der Waals surface area contributed by atoms with Crippen LogP contribution in [0.2, 0.25) is 0 Å². The van der Waals surface area contributed by atoms with Crippen molar-refractivity contribution in [1.82, 2.24) is 0 Å². The number of anilines is 1. The van der Waals surface area contributed by atoms with Crippen LogP contribution in [0.1, 0.15) is 37.6 Å². The number of esters is 1. The van der Waals surface area contributed by atoms with Gasteiger partial charge in [-0.15, -0.1) is 0 Å². The van der Waals surface area contributed by atoms with Gasteiger partial charge in [-0.05, 0) is 37.5 Å². The van der Waals surface area contributed by atoms with E-state index in [-0.39, 0.29) is 11.6 Å². The van der Waals surface area contributed by atoms with Crippen molar-refractivity contribution >= 4 is 11.7 Å². The van der Waals surface area contributed by atoms with Gasteiger partial charge in [-0.2, -0.15) is 0 Å². The Labute approximate surface area is 107 Å². The molecule has 0 bridgehead atoms. The predicted octanol–water partition coefficient (Wildman–Crippen LogP) is 3.46. The van der Waals surface area contributed by atoms with E-state index in [9.17, 15) is 9.18 Å². The first-order valence-electron chi connectivity index (χ1n) is 6.08. The van der Waals surface area contributed by atoms with Gasteiger partial charge in [0.15, 0.2) is 0 Å². The summed E-state index contributed by atoms with van der Waals surface area (Å²) >= 11 is 0. The lowest BCUT2D eigenvalue weighted by atomic mass is 10.0. The summed E-state index contributed by atoms with van der Waals surface area (Å²) in [4.78, 5) is 11.6. The van der Waals surface area contributed by atoms with Crippen LogP contribution < -0.4 is 5.32 Å². The van der Waals surface area contributed by atoms with Gasteiger partial charge in [0.2, 0.25) is 0 Å². The quantitative estimate of drug-likeness (QED) is 0.817. The van der Waals surface area contributed by atoms with Crippen LogP contribution in [-0.4, -0.2) is 19.1 Å². The van der Waals surface area contributed by atoms with Crippen molar-refractivity contribution in [2.24, 2.45) is 5.92 Å². The molecular formula is C14H20FNO2.